The minimum absolute atomic E-state index is 0.0581. The number of hydrogen-bond donors (Lipinski definition) is 1. The first-order valence-corrected chi connectivity index (χ1v) is 5.91. The highest BCUT2D eigenvalue weighted by Gasteiger charge is 2.08. The first kappa shape index (κ1) is 12.2. The summed E-state index contributed by atoms with van der Waals surface area (Å²) < 4.78 is 1.71. The molecule has 0 fully saturated rings. The van der Waals surface area contributed by atoms with Crippen LogP contribution in [0.3, 0.4) is 0 Å². The van der Waals surface area contributed by atoms with Crippen molar-refractivity contribution in [2.24, 2.45) is 7.05 Å². The number of aromatic nitrogens is 2. The summed E-state index contributed by atoms with van der Waals surface area (Å²) in [6.07, 6.45) is 5.24. The Balaban J connectivity index is 2.28. The van der Waals surface area contributed by atoms with E-state index in [0.717, 1.165) is 12.8 Å². The van der Waals surface area contributed by atoms with Gasteiger partial charge in [0.2, 0.25) is 0 Å². The van der Waals surface area contributed by atoms with Crippen LogP contribution in [0.15, 0.2) is 12.5 Å². The van der Waals surface area contributed by atoms with Crippen molar-refractivity contribution >= 4 is 21.8 Å². The van der Waals surface area contributed by atoms with E-state index in [-0.39, 0.29) is 5.91 Å². The largest absolute Gasteiger partial charge is 0.351 e. The van der Waals surface area contributed by atoms with Gasteiger partial charge in [-0.1, -0.05) is 22.9 Å². The van der Waals surface area contributed by atoms with Crippen LogP contribution in [0.25, 0.3) is 0 Å². The van der Waals surface area contributed by atoms with Gasteiger partial charge in [-0.3, -0.25) is 4.79 Å². The predicted octanol–water partition coefficient (Wildman–Crippen LogP) is 1.71. The second-order valence-corrected chi connectivity index (χ2v) is 5.13. The fraction of sp³-hybridized carbons (Fsp3) is 0.600. The third kappa shape index (κ3) is 4.03. The number of rotatable bonds is 5. The van der Waals surface area contributed by atoms with E-state index in [9.17, 15) is 4.79 Å². The van der Waals surface area contributed by atoms with Crippen LogP contribution in [0.5, 0.6) is 0 Å². The molecule has 5 heteroatoms. The summed E-state index contributed by atoms with van der Waals surface area (Å²) in [6, 6.07) is 0. The number of carbonyl (C=O) groups excluding carboxylic acids is 1. The second-order valence-electron chi connectivity index (χ2n) is 3.57. The molecular formula is C10H16BrN3O. The zero-order valence-corrected chi connectivity index (χ0v) is 10.6. The smallest absolute Gasteiger partial charge is 0.269 e. The lowest BCUT2D eigenvalue weighted by atomic mass is 10.2. The van der Waals surface area contributed by atoms with Crippen molar-refractivity contribution in [2.75, 3.05) is 6.54 Å². The maximum Gasteiger partial charge on any atom is 0.269 e. The number of imidazole rings is 1. The normalized spacial score (nSPS) is 12.5. The minimum atomic E-state index is -0.0581. The van der Waals surface area contributed by atoms with Crippen molar-refractivity contribution in [3.05, 3.63) is 18.2 Å². The molecule has 0 bridgehead atoms. The second kappa shape index (κ2) is 5.90. The molecule has 4 nitrogen and oxygen atoms in total. The number of nitrogens with zero attached hydrogens (tertiary/aromatic N) is 2. The van der Waals surface area contributed by atoms with Crippen LogP contribution in [-0.4, -0.2) is 26.8 Å². The van der Waals surface area contributed by atoms with Crippen LogP contribution in [0, 0.1) is 0 Å². The zero-order chi connectivity index (χ0) is 11.3. The lowest BCUT2D eigenvalue weighted by molar-refractivity contribution is 0.0945. The Hall–Kier alpha value is -0.840. The Labute approximate surface area is 98.2 Å². The molecule has 15 heavy (non-hydrogen) atoms. The molecule has 0 aliphatic rings. The van der Waals surface area contributed by atoms with Crippen molar-refractivity contribution in [3.8, 4) is 0 Å². The number of carbonyl (C=O) groups is 1. The molecule has 84 valence electrons. The molecule has 0 spiro atoms. The van der Waals surface area contributed by atoms with Gasteiger partial charge in [0.05, 0.1) is 12.5 Å². The Kier molecular flexibility index (Phi) is 4.81. The highest BCUT2D eigenvalue weighted by atomic mass is 79.9. The van der Waals surface area contributed by atoms with Crippen LogP contribution in [0.1, 0.15) is 30.3 Å². The molecule has 0 radical (unpaired) electrons. The number of alkyl halides is 1. The van der Waals surface area contributed by atoms with Gasteiger partial charge in [0.1, 0.15) is 5.69 Å². The van der Waals surface area contributed by atoms with E-state index in [2.05, 4.69) is 33.2 Å². The monoisotopic (exact) mass is 273 g/mol. The van der Waals surface area contributed by atoms with Gasteiger partial charge in [-0.15, -0.1) is 0 Å². The quantitative estimate of drug-likeness (QED) is 0.656. The van der Waals surface area contributed by atoms with E-state index >= 15 is 0 Å². The van der Waals surface area contributed by atoms with E-state index in [1.54, 1.807) is 17.1 Å². The van der Waals surface area contributed by atoms with E-state index in [0.29, 0.717) is 17.1 Å². The molecule has 1 amide bonds. The highest BCUT2D eigenvalue weighted by molar-refractivity contribution is 9.09. The summed E-state index contributed by atoms with van der Waals surface area (Å²) in [5, 5.41) is 2.86. The van der Waals surface area contributed by atoms with E-state index in [4.69, 9.17) is 0 Å². The first-order chi connectivity index (χ1) is 7.11. The number of amides is 1. The summed E-state index contributed by atoms with van der Waals surface area (Å²) >= 11 is 3.47. The standard InChI is InChI=1S/C10H16BrN3O/c1-8(11)4-3-5-13-10(15)9-6-12-7-14(9)2/h6-8H,3-5H2,1-2H3,(H,13,15). The van der Waals surface area contributed by atoms with Gasteiger partial charge in [0.15, 0.2) is 0 Å². The molecule has 1 atom stereocenters. The average molecular weight is 274 g/mol. The molecule has 0 aliphatic carbocycles. The van der Waals surface area contributed by atoms with Gasteiger partial charge < -0.3 is 9.88 Å². The van der Waals surface area contributed by atoms with Crippen molar-refractivity contribution in [3.63, 3.8) is 0 Å². The maximum absolute atomic E-state index is 11.6. The number of aryl methyl sites for hydroxylation is 1. The average Bonchev–Trinajstić information content (AvgIpc) is 2.58. The van der Waals surface area contributed by atoms with Crippen LogP contribution in [0.2, 0.25) is 0 Å². The Morgan fingerprint density at radius 2 is 2.47 bits per heavy atom. The molecule has 1 aromatic rings. The topological polar surface area (TPSA) is 46.9 Å². The van der Waals surface area contributed by atoms with Gasteiger partial charge in [0, 0.05) is 18.4 Å². The number of halogens is 1. The highest BCUT2D eigenvalue weighted by Crippen LogP contribution is 2.05. The Morgan fingerprint density at radius 1 is 1.73 bits per heavy atom. The van der Waals surface area contributed by atoms with Crippen molar-refractivity contribution in [1.82, 2.24) is 14.9 Å². The number of hydrogen-bond acceptors (Lipinski definition) is 2. The van der Waals surface area contributed by atoms with Gasteiger partial charge in [-0.25, -0.2) is 4.98 Å². The molecule has 0 aliphatic heterocycles. The predicted molar refractivity (Wildman–Crippen MR) is 63.2 cm³/mol. The molecule has 1 unspecified atom stereocenters. The fourth-order valence-corrected chi connectivity index (χ4v) is 1.58. The first-order valence-electron chi connectivity index (χ1n) is 5.00. The SMILES string of the molecule is CC(Br)CCCNC(=O)c1cncn1C. The third-order valence-electron chi connectivity index (χ3n) is 2.11. The molecule has 1 rings (SSSR count). The van der Waals surface area contributed by atoms with Gasteiger partial charge in [-0.2, -0.15) is 0 Å². The lowest BCUT2D eigenvalue weighted by Crippen LogP contribution is -2.26. The van der Waals surface area contributed by atoms with E-state index in [1.165, 1.54) is 0 Å². The van der Waals surface area contributed by atoms with Crippen LogP contribution >= 0.6 is 15.9 Å². The molecule has 0 aromatic carbocycles. The molecule has 1 N–H and O–H groups in total. The summed E-state index contributed by atoms with van der Waals surface area (Å²) in [6.45, 7) is 2.81. The fourth-order valence-electron chi connectivity index (χ4n) is 1.25. The summed E-state index contributed by atoms with van der Waals surface area (Å²) in [5.41, 5.74) is 0.599. The molecule has 0 saturated carbocycles. The Morgan fingerprint density at radius 3 is 3.00 bits per heavy atom. The zero-order valence-electron chi connectivity index (χ0n) is 9.03. The Bertz CT molecular complexity index is 322. The molecular weight excluding hydrogens is 258 g/mol. The summed E-state index contributed by atoms with van der Waals surface area (Å²) in [7, 11) is 1.81. The van der Waals surface area contributed by atoms with Crippen molar-refractivity contribution in [1.29, 1.82) is 0 Å². The van der Waals surface area contributed by atoms with Crippen LogP contribution < -0.4 is 5.32 Å². The van der Waals surface area contributed by atoms with E-state index in [1.807, 2.05) is 7.05 Å². The van der Waals surface area contributed by atoms with Gasteiger partial charge >= 0.3 is 0 Å². The van der Waals surface area contributed by atoms with Crippen LogP contribution in [-0.2, 0) is 7.05 Å². The minimum Gasteiger partial charge on any atom is -0.351 e. The van der Waals surface area contributed by atoms with Crippen LogP contribution in [0.4, 0.5) is 0 Å². The molecule has 1 heterocycles. The van der Waals surface area contributed by atoms with Crippen molar-refractivity contribution in [2.45, 2.75) is 24.6 Å². The van der Waals surface area contributed by atoms with Crippen molar-refractivity contribution < 1.29 is 4.79 Å². The summed E-state index contributed by atoms with van der Waals surface area (Å²) in [4.78, 5) is 16.0. The molecule has 0 saturated heterocycles. The van der Waals surface area contributed by atoms with Gasteiger partial charge in [0.25, 0.3) is 5.91 Å². The van der Waals surface area contributed by atoms with E-state index < -0.39 is 0 Å². The lowest BCUT2D eigenvalue weighted by Gasteiger charge is -2.06. The molecule has 1 aromatic heterocycles. The maximum atomic E-state index is 11.6. The van der Waals surface area contributed by atoms with Gasteiger partial charge in [-0.05, 0) is 12.8 Å². The number of nitrogens with one attached hydrogen (secondary N) is 1. The summed E-state index contributed by atoms with van der Waals surface area (Å²) in [5.74, 6) is -0.0581. The third-order valence-corrected chi connectivity index (χ3v) is 2.57.